The van der Waals surface area contributed by atoms with Crippen LogP contribution < -0.4 is 0 Å². The first-order valence-corrected chi connectivity index (χ1v) is 12.3. The highest BCUT2D eigenvalue weighted by Crippen LogP contribution is 2.74. The molecule has 6 atom stereocenters. The number of phenols is 2. The number of hydrogen-bond donors (Lipinski definition) is 3. The quantitative estimate of drug-likeness (QED) is 0.456. The molecule has 1 aromatic carbocycles. The van der Waals surface area contributed by atoms with Gasteiger partial charge in [0.1, 0.15) is 0 Å². The Morgan fingerprint density at radius 3 is 2.21 bits per heavy atom. The van der Waals surface area contributed by atoms with E-state index in [1.54, 1.807) is 12.1 Å². The standard InChI is InChI=1S/C28H36O5/c1-24-6-7-25(2,23(32)33)15-22(24)28(5)11-9-26(3)17-13-20(31)19(30)12-16(17)18(29)14-21(26)27(28,4)10-8-24/h12-14,22,30-31H,6-11,15H2,1-5H3,(H,32,33)/t22?,24-,25-,26+,27-,28+/m0/s1. The highest BCUT2D eigenvalue weighted by Gasteiger charge is 2.67. The number of fused-ring (bicyclic) bond motifs is 7. The molecule has 5 nitrogen and oxygen atoms in total. The van der Waals surface area contributed by atoms with Crippen LogP contribution in [0.3, 0.4) is 0 Å². The van der Waals surface area contributed by atoms with E-state index in [-0.39, 0.29) is 39.4 Å². The monoisotopic (exact) mass is 452 g/mol. The fraction of sp³-hybridized carbons (Fsp3) is 0.643. The van der Waals surface area contributed by atoms with E-state index in [1.165, 1.54) is 6.07 Å². The zero-order valence-corrected chi connectivity index (χ0v) is 20.4. The number of ketones is 1. The molecule has 0 aromatic heterocycles. The number of benzene rings is 1. The maximum absolute atomic E-state index is 13.3. The maximum Gasteiger partial charge on any atom is 0.309 e. The summed E-state index contributed by atoms with van der Waals surface area (Å²) in [6.45, 7) is 11.1. The normalized spacial score (nSPS) is 44.1. The summed E-state index contributed by atoms with van der Waals surface area (Å²) in [4.78, 5) is 25.5. The number of allylic oxidation sites excluding steroid dienone is 2. The van der Waals surface area contributed by atoms with Crippen molar-refractivity contribution in [3.8, 4) is 11.5 Å². The lowest BCUT2D eigenvalue weighted by molar-refractivity contribution is -0.177. The third-order valence-corrected chi connectivity index (χ3v) is 11.1. The minimum absolute atomic E-state index is 0.109. The topological polar surface area (TPSA) is 94.8 Å². The van der Waals surface area contributed by atoms with E-state index in [0.29, 0.717) is 12.0 Å². The number of phenolic OH excluding ortho intramolecular Hbond substituents is 2. The van der Waals surface area contributed by atoms with Crippen molar-refractivity contribution in [1.29, 1.82) is 0 Å². The van der Waals surface area contributed by atoms with Crippen molar-refractivity contribution in [2.24, 2.45) is 27.6 Å². The van der Waals surface area contributed by atoms with Crippen LogP contribution in [0.25, 0.3) is 0 Å². The zero-order valence-electron chi connectivity index (χ0n) is 20.4. The molecule has 3 N–H and O–H groups in total. The molecule has 0 heterocycles. The molecule has 0 bridgehead atoms. The second-order valence-corrected chi connectivity index (χ2v) is 12.7. The molecular weight excluding hydrogens is 416 g/mol. The van der Waals surface area contributed by atoms with Gasteiger partial charge >= 0.3 is 5.97 Å². The van der Waals surface area contributed by atoms with Gasteiger partial charge in [-0.05, 0) is 103 Å². The molecule has 4 aliphatic carbocycles. The third-order valence-electron chi connectivity index (χ3n) is 11.1. The van der Waals surface area contributed by atoms with Crippen LogP contribution in [0.2, 0.25) is 0 Å². The van der Waals surface area contributed by atoms with Gasteiger partial charge in [0.2, 0.25) is 0 Å². The number of carbonyl (C=O) groups is 2. The van der Waals surface area contributed by atoms with Gasteiger partial charge in [0.15, 0.2) is 17.3 Å². The molecule has 1 aromatic rings. The van der Waals surface area contributed by atoms with Gasteiger partial charge in [-0.1, -0.05) is 27.7 Å². The van der Waals surface area contributed by atoms with Crippen molar-refractivity contribution in [3.63, 3.8) is 0 Å². The van der Waals surface area contributed by atoms with Gasteiger partial charge in [-0.15, -0.1) is 0 Å². The highest BCUT2D eigenvalue weighted by molar-refractivity contribution is 6.09. The Hall–Kier alpha value is -2.30. The number of carbonyl (C=O) groups excluding carboxylic acids is 1. The van der Waals surface area contributed by atoms with Crippen LogP contribution in [0.4, 0.5) is 0 Å². The first-order chi connectivity index (χ1) is 15.2. The lowest BCUT2D eigenvalue weighted by Gasteiger charge is -2.69. The summed E-state index contributed by atoms with van der Waals surface area (Å²) >= 11 is 0. The smallest absolute Gasteiger partial charge is 0.309 e. The summed E-state index contributed by atoms with van der Waals surface area (Å²) in [5.74, 6) is -1.02. The van der Waals surface area contributed by atoms with Crippen molar-refractivity contribution in [2.45, 2.75) is 85.0 Å². The van der Waals surface area contributed by atoms with Gasteiger partial charge in [-0.2, -0.15) is 0 Å². The van der Waals surface area contributed by atoms with Crippen LogP contribution in [0.5, 0.6) is 11.5 Å². The summed E-state index contributed by atoms with van der Waals surface area (Å²) in [7, 11) is 0. The van der Waals surface area contributed by atoms with Crippen LogP contribution in [0.1, 0.15) is 95.5 Å². The summed E-state index contributed by atoms with van der Waals surface area (Å²) in [6, 6.07) is 2.98. The number of aromatic hydroxyl groups is 2. The van der Waals surface area contributed by atoms with Crippen molar-refractivity contribution in [1.82, 2.24) is 0 Å². The van der Waals surface area contributed by atoms with E-state index < -0.39 is 16.8 Å². The van der Waals surface area contributed by atoms with Crippen LogP contribution in [0.15, 0.2) is 23.8 Å². The highest BCUT2D eigenvalue weighted by atomic mass is 16.4. The first kappa shape index (κ1) is 22.5. The molecule has 1 unspecified atom stereocenters. The third kappa shape index (κ3) is 2.65. The number of carboxylic acid groups (broad SMARTS) is 1. The maximum atomic E-state index is 13.3. The molecule has 0 amide bonds. The average molecular weight is 453 g/mol. The van der Waals surface area contributed by atoms with Crippen molar-refractivity contribution < 1.29 is 24.9 Å². The van der Waals surface area contributed by atoms with Gasteiger partial charge in [-0.3, -0.25) is 9.59 Å². The molecule has 0 aliphatic heterocycles. The van der Waals surface area contributed by atoms with Crippen molar-refractivity contribution >= 4 is 11.8 Å². The molecule has 3 saturated carbocycles. The Morgan fingerprint density at radius 1 is 0.909 bits per heavy atom. The Kier molecular flexibility index (Phi) is 4.38. The SMILES string of the molecule is C[C@]1(C(=O)O)CC[C@@]2(C)CC[C@@]3(C)C4=CC(=O)c5cc(O)c(O)cc5[C@@]4(C)CC[C@]3(C)C2C1. The van der Waals surface area contributed by atoms with E-state index in [9.17, 15) is 24.9 Å². The second-order valence-electron chi connectivity index (χ2n) is 12.7. The minimum Gasteiger partial charge on any atom is -0.504 e. The molecule has 3 fully saturated rings. The largest absolute Gasteiger partial charge is 0.504 e. The molecular formula is C28H36O5. The molecule has 0 saturated heterocycles. The van der Waals surface area contributed by atoms with E-state index in [2.05, 4.69) is 27.7 Å². The molecule has 5 rings (SSSR count). The minimum atomic E-state index is -0.709. The van der Waals surface area contributed by atoms with Crippen LogP contribution in [0, 0.1) is 27.6 Å². The van der Waals surface area contributed by atoms with E-state index >= 15 is 0 Å². The van der Waals surface area contributed by atoms with Gasteiger partial charge < -0.3 is 15.3 Å². The Bertz CT molecular complexity index is 1120. The van der Waals surface area contributed by atoms with Crippen LogP contribution in [-0.2, 0) is 10.2 Å². The summed E-state index contributed by atoms with van der Waals surface area (Å²) < 4.78 is 0. The lowest BCUT2D eigenvalue weighted by Crippen LogP contribution is -2.62. The van der Waals surface area contributed by atoms with Crippen molar-refractivity contribution in [3.05, 3.63) is 34.9 Å². The van der Waals surface area contributed by atoms with Gasteiger partial charge in [-0.25, -0.2) is 0 Å². The number of rotatable bonds is 1. The van der Waals surface area contributed by atoms with Gasteiger partial charge in [0.25, 0.3) is 0 Å². The Balaban J connectivity index is 1.66. The van der Waals surface area contributed by atoms with Gasteiger partial charge in [0.05, 0.1) is 5.41 Å². The summed E-state index contributed by atoms with van der Waals surface area (Å²) in [5, 5.41) is 30.3. The summed E-state index contributed by atoms with van der Waals surface area (Å²) in [6.07, 6.45) is 7.87. The fourth-order valence-electron chi connectivity index (χ4n) is 8.42. The Morgan fingerprint density at radius 2 is 1.55 bits per heavy atom. The number of carboxylic acids is 1. The van der Waals surface area contributed by atoms with Gasteiger partial charge in [0, 0.05) is 11.0 Å². The second kappa shape index (κ2) is 6.43. The molecule has 0 spiro atoms. The Labute approximate surface area is 195 Å². The van der Waals surface area contributed by atoms with E-state index in [0.717, 1.165) is 49.7 Å². The molecule has 5 heteroatoms. The lowest BCUT2D eigenvalue weighted by atomic mass is 9.34. The fourth-order valence-corrected chi connectivity index (χ4v) is 8.42. The summed E-state index contributed by atoms with van der Waals surface area (Å²) in [5.41, 5.74) is 1.02. The predicted molar refractivity (Wildman–Crippen MR) is 125 cm³/mol. The molecule has 0 radical (unpaired) electrons. The molecule has 33 heavy (non-hydrogen) atoms. The van der Waals surface area contributed by atoms with E-state index in [4.69, 9.17) is 0 Å². The molecule has 4 aliphatic rings. The zero-order chi connectivity index (χ0) is 24.2. The molecule has 178 valence electrons. The number of hydrogen-bond acceptors (Lipinski definition) is 4. The number of aliphatic carboxylic acids is 1. The van der Waals surface area contributed by atoms with Crippen LogP contribution in [-0.4, -0.2) is 27.1 Å². The van der Waals surface area contributed by atoms with Crippen molar-refractivity contribution in [2.75, 3.05) is 0 Å². The average Bonchev–Trinajstić information content (AvgIpc) is 2.75. The first-order valence-electron chi connectivity index (χ1n) is 12.3. The predicted octanol–water partition coefficient (Wildman–Crippen LogP) is 5.98. The van der Waals surface area contributed by atoms with E-state index in [1.807, 2.05) is 6.92 Å². The van der Waals surface area contributed by atoms with Crippen LogP contribution >= 0.6 is 0 Å².